The van der Waals surface area contributed by atoms with Crippen molar-refractivity contribution in [2.24, 2.45) is 30.0 Å². The Hall–Kier alpha value is -4.99. The molecule has 0 spiro atoms. The molecule has 6 heterocycles. The number of hydrogen-bond donors (Lipinski definition) is 0. The van der Waals surface area contributed by atoms with Crippen molar-refractivity contribution in [3.8, 4) is 0 Å². The van der Waals surface area contributed by atoms with Gasteiger partial charge in [0.15, 0.2) is 0 Å². The molecule has 2 aromatic heterocycles. The topological polar surface area (TPSA) is 101 Å². The molecule has 6 bridgehead atoms. The van der Waals surface area contributed by atoms with Gasteiger partial charge in [-0.25, -0.2) is 0 Å². The average Bonchev–Trinajstić information content (AvgIpc) is 3.75. The summed E-state index contributed by atoms with van der Waals surface area (Å²) in [4.78, 5) is 39.7. The number of amidine groups is 4. The van der Waals surface area contributed by atoms with Gasteiger partial charge in [0.1, 0.15) is 0 Å². The Morgan fingerprint density at radius 3 is 1.20 bits per heavy atom. The molecule has 4 aromatic carbocycles. The van der Waals surface area contributed by atoms with Crippen molar-refractivity contribution >= 4 is 84.4 Å². The molecule has 0 aliphatic carbocycles. The molecular weight excluding hydrogens is 659 g/mol. The molecule has 0 amide bonds. The van der Waals surface area contributed by atoms with E-state index in [1.165, 1.54) is 0 Å². The number of hydrogen-bond acceptors (Lipinski definition) is 7. The summed E-state index contributed by atoms with van der Waals surface area (Å²) < 4.78 is 3.24. The first-order valence-electron chi connectivity index (χ1n) is 13.7. The third kappa shape index (κ3) is 4.04. The van der Waals surface area contributed by atoms with Crippen LogP contribution in [0.1, 0.15) is 22.3 Å². The average molecular weight is 675 g/mol. The van der Waals surface area contributed by atoms with Gasteiger partial charge in [-0.2, -0.15) is 0 Å². The van der Waals surface area contributed by atoms with Crippen LogP contribution in [0, 0.1) is 0 Å². The zero-order valence-corrected chi connectivity index (χ0v) is 25.2. The van der Waals surface area contributed by atoms with E-state index in [0.717, 1.165) is 66.4 Å². The summed E-state index contributed by atoms with van der Waals surface area (Å²) in [5.41, 5.74) is 5.33. The van der Waals surface area contributed by atoms with E-state index in [-0.39, 0.29) is 0 Å². The van der Waals surface area contributed by atoms with Gasteiger partial charge in [0.05, 0.1) is 0 Å². The number of aromatic nitrogens is 2. The normalized spacial score (nSPS) is 18.9. The summed E-state index contributed by atoms with van der Waals surface area (Å²) in [6, 6.07) is 32.8. The maximum absolute atomic E-state index is 8.98. The summed E-state index contributed by atoms with van der Waals surface area (Å²) in [6.07, 6.45) is 0. The van der Waals surface area contributed by atoms with Crippen molar-refractivity contribution in [3.05, 3.63) is 130 Å². The van der Waals surface area contributed by atoms with Gasteiger partial charge in [0, 0.05) is 0 Å². The van der Waals surface area contributed by atoms with Gasteiger partial charge >= 0.3 is 244 Å². The van der Waals surface area contributed by atoms with Crippen LogP contribution >= 0.6 is 23.2 Å². The van der Waals surface area contributed by atoms with Crippen molar-refractivity contribution in [3.63, 3.8) is 0 Å². The first-order valence-corrected chi connectivity index (χ1v) is 15.3. The molecule has 0 N–H and O–H groups in total. The predicted octanol–water partition coefficient (Wildman–Crippen LogP) is 6.43. The van der Waals surface area contributed by atoms with E-state index in [4.69, 9.17) is 34.7 Å². The van der Waals surface area contributed by atoms with Crippen LogP contribution in [0.4, 0.5) is 16.4 Å². The van der Waals surface area contributed by atoms with Gasteiger partial charge in [-0.1, -0.05) is 0 Å². The van der Waals surface area contributed by atoms with E-state index in [9.17, 15) is 0 Å². The third-order valence-electron chi connectivity index (χ3n) is 7.71. The first kappa shape index (κ1) is 26.4. The van der Waals surface area contributed by atoms with Crippen molar-refractivity contribution < 1.29 is 20.2 Å². The fourth-order valence-corrected chi connectivity index (χ4v) is 7.03. The van der Waals surface area contributed by atoms with E-state index in [1.54, 1.807) is 15.4 Å². The second kappa shape index (κ2) is 10.0. The molecule has 0 saturated carbocycles. The molecule has 0 saturated heterocycles. The number of carbonyl (C=O) groups is 1. The van der Waals surface area contributed by atoms with Crippen molar-refractivity contribution in [2.45, 2.75) is 0 Å². The molecule has 4 aliphatic rings. The van der Waals surface area contributed by atoms with Gasteiger partial charge in [-0.15, -0.1) is 0 Å². The molecule has 6 aromatic rings. The third-order valence-corrected chi connectivity index (χ3v) is 8.88. The number of aliphatic imine (C=N–C) groups is 4. The van der Waals surface area contributed by atoms with Gasteiger partial charge in [0.2, 0.25) is 0 Å². The molecule has 0 fully saturated rings. The summed E-state index contributed by atoms with van der Waals surface area (Å²) >= 11 is 10.4. The summed E-state index contributed by atoms with van der Waals surface area (Å²) in [6.45, 7) is 0. The Kier molecular flexibility index (Phi) is 5.88. The Morgan fingerprint density at radius 1 is 0.467 bits per heavy atom. The number of benzene rings is 4. The Morgan fingerprint density at radius 2 is 0.800 bits per heavy atom. The molecule has 45 heavy (non-hydrogen) atoms. The van der Waals surface area contributed by atoms with Crippen LogP contribution in [-0.4, -0.2) is 35.2 Å². The van der Waals surface area contributed by atoms with Crippen molar-refractivity contribution in [1.82, 2.24) is 7.17 Å². The molecular formula is C33H16Cl2CuN8O. The van der Waals surface area contributed by atoms with E-state index in [1.807, 2.05) is 48.5 Å². The van der Waals surface area contributed by atoms with Crippen LogP contribution in [0.3, 0.4) is 0 Å². The van der Waals surface area contributed by atoms with E-state index < -0.39 is 4.70 Å². The Bertz CT molecular complexity index is 2410. The number of carbonyl (C=O) groups excluding carboxylic acids is 1. The van der Waals surface area contributed by atoms with E-state index in [2.05, 4.69) is 78.9 Å². The van der Waals surface area contributed by atoms with Gasteiger partial charge < -0.3 is 0 Å². The van der Waals surface area contributed by atoms with Crippen LogP contribution in [-0.2, 0) is 15.4 Å². The molecule has 0 radical (unpaired) electrons. The zero-order chi connectivity index (χ0) is 30.2. The van der Waals surface area contributed by atoms with Crippen molar-refractivity contribution in [2.75, 3.05) is 0 Å². The Labute approximate surface area is 270 Å². The molecule has 10 rings (SSSR count). The fraction of sp³-hybridized carbons (Fsp3) is 0. The van der Waals surface area contributed by atoms with Gasteiger partial charge in [-0.3, -0.25) is 4.79 Å². The minimum absolute atomic E-state index is 0.634. The number of rotatable bonds is 0. The minimum atomic E-state index is -0.889. The Balaban J connectivity index is 0.000000666. The van der Waals surface area contributed by atoms with Crippen LogP contribution in [0.15, 0.2) is 127 Å². The van der Waals surface area contributed by atoms with E-state index >= 15 is 0 Å². The SMILES string of the molecule is O=C(Cl)Cl.c1ccc2c(c1)C1=NC/2=N\c2c3ccccc3c3[n]2[Cu][n]2/c(c4ccccc4/c2=N/C2=N\C(=N/3)c3ccccc32)=N\1. The fourth-order valence-electron chi connectivity index (χ4n) is 5.84. The van der Waals surface area contributed by atoms with Crippen LogP contribution < -0.4 is 11.0 Å². The standard InChI is InChI=1S/C32H16N8.CCl2O.Cu/c1-2-10-18-17(9-1)25-33-26(18)38-28-21-13-5-6-14-22(21)30(35-28)40-32-24-16-8-7-15-23(24)31(36-32)39-29-20-12-4-3-11-19(20)27(34-29)37-25;2-1(3)4;/h1-16H;;/q-2;;+2. The molecule has 9 nitrogen and oxygen atoms in total. The van der Waals surface area contributed by atoms with Gasteiger partial charge in [-0.05, 0) is 23.2 Å². The van der Waals surface area contributed by atoms with Crippen molar-refractivity contribution in [1.29, 1.82) is 0 Å². The monoisotopic (exact) mass is 673 g/mol. The molecule has 4 aliphatic heterocycles. The summed E-state index contributed by atoms with van der Waals surface area (Å²) in [5, 5.41) is 3.92. The number of halogens is 2. The molecule has 12 heteroatoms. The molecule has 219 valence electrons. The quantitative estimate of drug-likeness (QED) is 0.135. The molecule has 0 atom stereocenters. The number of nitrogens with zero attached hydrogens (tertiary/aromatic N) is 8. The van der Waals surface area contributed by atoms with Gasteiger partial charge in [0.25, 0.3) is 0 Å². The second-order valence-electron chi connectivity index (χ2n) is 10.2. The summed E-state index contributed by atoms with van der Waals surface area (Å²) in [5.74, 6) is 4.04. The first-order chi connectivity index (χ1) is 22.0. The number of fused-ring (bicyclic) bond motifs is 14. The maximum atomic E-state index is 8.98. The zero-order valence-electron chi connectivity index (χ0n) is 22.8. The van der Waals surface area contributed by atoms with Crippen LogP contribution in [0.5, 0.6) is 0 Å². The summed E-state index contributed by atoms with van der Waals surface area (Å²) in [7, 11) is 0. The second-order valence-corrected chi connectivity index (χ2v) is 12.1. The predicted molar refractivity (Wildman–Crippen MR) is 172 cm³/mol. The van der Waals surface area contributed by atoms with E-state index in [0.29, 0.717) is 23.3 Å². The molecule has 0 unspecified atom stereocenters. The van der Waals surface area contributed by atoms with Crippen LogP contribution in [0.2, 0.25) is 0 Å². The van der Waals surface area contributed by atoms with Crippen LogP contribution in [0.25, 0.3) is 21.5 Å².